The van der Waals surface area contributed by atoms with E-state index in [9.17, 15) is 0 Å². The van der Waals surface area contributed by atoms with Gasteiger partial charge in [0.2, 0.25) is 0 Å². The van der Waals surface area contributed by atoms with Gasteiger partial charge < -0.3 is 20.5 Å². The highest BCUT2D eigenvalue weighted by Crippen LogP contribution is 2.37. The van der Waals surface area contributed by atoms with Crippen LogP contribution in [-0.4, -0.2) is 50.6 Å². The standard InChI is InChI=1S/C27H28FN7O2/c1-17(7-10-36-11-8-29)37-24-13-18(19-14-33-35(2)15-19)12-23-25(24)27(32-16-31-23)34-22-6-5-21-20(26(22)28)4-3-9-30-21/h3-6,9,12-17H,7-8,10-11,29H2,1-2H3,(H,31,32,34)/t17-/m0/s1. The van der Waals surface area contributed by atoms with Crippen LogP contribution in [0.4, 0.5) is 15.9 Å². The quantitative estimate of drug-likeness (QED) is 0.267. The zero-order valence-electron chi connectivity index (χ0n) is 20.7. The summed E-state index contributed by atoms with van der Waals surface area (Å²) in [4.78, 5) is 13.2. The number of nitrogens with zero attached hydrogens (tertiary/aromatic N) is 5. The molecule has 1 atom stereocenters. The second-order valence-electron chi connectivity index (χ2n) is 8.73. The van der Waals surface area contributed by atoms with Gasteiger partial charge in [-0.05, 0) is 48.9 Å². The Hall–Kier alpha value is -4.15. The minimum Gasteiger partial charge on any atom is -0.490 e. The number of nitrogens with two attached hydrogens (primary N) is 1. The minimum atomic E-state index is -0.405. The van der Waals surface area contributed by atoms with Crippen LogP contribution in [0.25, 0.3) is 32.9 Å². The normalized spacial score (nSPS) is 12.2. The van der Waals surface area contributed by atoms with E-state index >= 15 is 4.39 Å². The largest absolute Gasteiger partial charge is 0.490 e. The number of pyridine rings is 1. The maximum absolute atomic E-state index is 15.3. The molecule has 0 saturated heterocycles. The van der Waals surface area contributed by atoms with Crippen molar-refractivity contribution in [1.29, 1.82) is 0 Å². The van der Waals surface area contributed by atoms with Gasteiger partial charge >= 0.3 is 0 Å². The molecule has 2 aromatic carbocycles. The average molecular weight is 502 g/mol. The topological polar surface area (TPSA) is 113 Å². The predicted molar refractivity (Wildman–Crippen MR) is 141 cm³/mol. The van der Waals surface area contributed by atoms with Crippen molar-refractivity contribution in [1.82, 2.24) is 24.7 Å². The molecule has 0 spiro atoms. The Morgan fingerprint density at radius 3 is 2.78 bits per heavy atom. The first-order valence-corrected chi connectivity index (χ1v) is 12.1. The molecule has 9 nitrogen and oxygen atoms in total. The molecule has 0 bridgehead atoms. The number of ether oxygens (including phenoxy) is 2. The summed E-state index contributed by atoms with van der Waals surface area (Å²) in [5.41, 5.74) is 8.85. The Balaban J connectivity index is 1.56. The Labute approximate surface area is 213 Å². The van der Waals surface area contributed by atoms with Crippen LogP contribution in [0.2, 0.25) is 0 Å². The molecule has 3 N–H and O–H groups in total. The molecule has 0 saturated carbocycles. The van der Waals surface area contributed by atoms with E-state index in [0.29, 0.717) is 59.6 Å². The van der Waals surface area contributed by atoms with Crippen molar-refractivity contribution in [2.75, 3.05) is 25.1 Å². The van der Waals surface area contributed by atoms with Gasteiger partial charge in [0.25, 0.3) is 0 Å². The van der Waals surface area contributed by atoms with E-state index in [4.69, 9.17) is 15.2 Å². The molecular weight excluding hydrogens is 473 g/mol. The number of hydrogen-bond acceptors (Lipinski definition) is 8. The zero-order valence-corrected chi connectivity index (χ0v) is 20.7. The Morgan fingerprint density at radius 1 is 1.08 bits per heavy atom. The molecule has 0 aliphatic rings. The van der Waals surface area contributed by atoms with Crippen molar-refractivity contribution < 1.29 is 13.9 Å². The van der Waals surface area contributed by atoms with Crippen molar-refractivity contribution in [3.05, 3.63) is 67.1 Å². The van der Waals surface area contributed by atoms with Gasteiger partial charge in [-0.3, -0.25) is 9.67 Å². The summed E-state index contributed by atoms with van der Waals surface area (Å²) in [5, 5.41) is 8.51. The van der Waals surface area contributed by atoms with E-state index in [2.05, 4.69) is 25.4 Å². The lowest BCUT2D eigenvalue weighted by atomic mass is 10.1. The van der Waals surface area contributed by atoms with Gasteiger partial charge in [-0.25, -0.2) is 14.4 Å². The van der Waals surface area contributed by atoms with E-state index in [1.54, 1.807) is 41.3 Å². The monoisotopic (exact) mass is 501 g/mol. The van der Waals surface area contributed by atoms with Gasteiger partial charge in [-0.15, -0.1) is 0 Å². The fourth-order valence-electron chi connectivity index (χ4n) is 4.13. The van der Waals surface area contributed by atoms with Crippen molar-refractivity contribution in [3.63, 3.8) is 0 Å². The van der Waals surface area contributed by atoms with Crippen LogP contribution in [0.15, 0.2) is 61.3 Å². The lowest BCUT2D eigenvalue weighted by molar-refractivity contribution is 0.103. The summed E-state index contributed by atoms with van der Waals surface area (Å²) in [6.45, 7) is 3.47. The van der Waals surface area contributed by atoms with Crippen LogP contribution >= 0.6 is 0 Å². The second kappa shape index (κ2) is 10.9. The number of aromatic nitrogens is 5. The lowest BCUT2D eigenvalue weighted by Gasteiger charge is -2.19. The van der Waals surface area contributed by atoms with Crippen LogP contribution in [0.3, 0.4) is 0 Å². The van der Waals surface area contributed by atoms with Crippen LogP contribution in [0.5, 0.6) is 5.75 Å². The fourth-order valence-corrected chi connectivity index (χ4v) is 4.13. The number of rotatable bonds is 10. The summed E-state index contributed by atoms with van der Waals surface area (Å²) in [5.74, 6) is 0.609. The molecule has 3 aromatic heterocycles. The Bertz CT molecular complexity index is 1540. The molecule has 3 heterocycles. The fraction of sp³-hybridized carbons (Fsp3) is 0.259. The smallest absolute Gasteiger partial charge is 0.156 e. The van der Waals surface area contributed by atoms with E-state index in [0.717, 1.165) is 11.1 Å². The highest BCUT2D eigenvalue weighted by molar-refractivity contribution is 5.99. The van der Waals surface area contributed by atoms with Gasteiger partial charge in [0.05, 0.1) is 47.6 Å². The molecular formula is C27H28FN7O2. The van der Waals surface area contributed by atoms with Crippen LogP contribution in [0, 0.1) is 5.82 Å². The van der Waals surface area contributed by atoms with Crippen LogP contribution < -0.4 is 15.8 Å². The molecule has 37 heavy (non-hydrogen) atoms. The Kier molecular flexibility index (Phi) is 7.20. The molecule has 0 aliphatic carbocycles. The molecule has 0 amide bonds. The molecule has 10 heteroatoms. The van der Waals surface area contributed by atoms with E-state index in [-0.39, 0.29) is 11.8 Å². The highest BCUT2D eigenvalue weighted by Gasteiger charge is 2.18. The molecule has 190 valence electrons. The number of hydrogen-bond donors (Lipinski definition) is 2. The van der Waals surface area contributed by atoms with Crippen LogP contribution in [-0.2, 0) is 11.8 Å². The third-order valence-corrected chi connectivity index (χ3v) is 5.97. The maximum Gasteiger partial charge on any atom is 0.156 e. The zero-order chi connectivity index (χ0) is 25.8. The lowest BCUT2D eigenvalue weighted by Crippen LogP contribution is -2.17. The third-order valence-electron chi connectivity index (χ3n) is 5.97. The number of benzene rings is 2. The summed E-state index contributed by atoms with van der Waals surface area (Å²) in [6, 6.07) is 10.7. The van der Waals surface area contributed by atoms with Crippen molar-refractivity contribution in [2.45, 2.75) is 19.4 Å². The number of aryl methyl sites for hydroxylation is 1. The average Bonchev–Trinajstić information content (AvgIpc) is 3.34. The maximum atomic E-state index is 15.3. The predicted octanol–water partition coefficient (Wildman–Crippen LogP) is 4.59. The minimum absolute atomic E-state index is 0.165. The first-order valence-electron chi connectivity index (χ1n) is 12.1. The molecule has 0 fully saturated rings. The van der Waals surface area contributed by atoms with Gasteiger partial charge in [-0.1, -0.05) is 0 Å². The molecule has 5 aromatic rings. The summed E-state index contributed by atoms with van der Waals surface area (Å²) >= 11 is 0. The van der Waals surface area contributed by atoms with Crippen molar-refractivity contribution in [3.8, 4) is 16.9 Å². The van der Waals surface area contributed by atoms with Gasteiger partial charge in [0.15, 0.2) is 5.82 Å². The van der Waals surface area contributed by atoms with E-state index < -0.39 is 5.82 Å². The van der Waals surface area contributed by atoms with Crippen molar-refractivity contribution in [2.24, 2.45) is 12.8 Å². The van der Waals surface area contributed by atoms with Gasteiger partial charge in [0, 0.05) is 43.4 Å². The van der Waals surface area contributed by atoms with Gasteiger partial charge in [0.1, 0.15) is 17.9 Å². The van der Waals surface area contributed by atoms with E-state index in [1.807, 2.05) is 32.3 Å². The number of anilines is 2. The highest BCUT2D eigenvalue weighted by atomic mass is 19.1. The van der Waals surface area contributed by atoms with Crippen LogP contribution in [0.1, 0.15) is 13.3 Å². The SMILES string of the molecule is C[C@@H](CCOCCN)Oc1cc(-c2cnn(C)c2)cc2ncnc(Nc3ccc4ncccc4c3F)c12. The molecule has 5 rings (SSSR count). The second-order valence-corrected chi connectivity index (χ2v) is 8.73. The third kappa shape index (κ3) is 5.35. The summed E-state index contributed by atoms with van der Waals surface area (Å²) in [7, 11) is 1.86. The molecule has 0 aliphatic heterocycles. The first kappa shape index (κ1) is 24.5. The first-order chi connectivity index (χ1) is 18.0. The molecule has 0 unspecified atom stereocenters. The van der Waals surface area contributed by atoms with Gasteiger partial charge in [-0.2, -0.15) is 5.10 Å². The summed E-state index contributed by atoms with van der Waals surface area (Å²) < 4.78 is 29.0. The number of nitrogens with one attached hydrogen (secondary N) is 1. The van der Waals surface area contributed by atoms with Crippen molar-refractivity contribution >= 4 is 33.3 Å². The van der Waals surface area contributed by atoms with E-state index in [1.165, 1.54) is 6.33 Å². The summed E-state index contributed by atoms with van der Waals surface area (Å²) in [6.07, 6.45) is 7.30. The number of halogens is 1. The Morgan fingerprint density at radius 2 is 1.97 bits per heavy atom. The number of fused-ring (bicyclic) bond motifs is 2. The molecule has 0 radical (unpaired) electrons.